The van der Waals surface area contributed by atoms with Crippen LogP contribution in [0.1, 0.15) is 57.6 Å². The number of guanidine groups is 1. The smallest absolute Gasteiger partial charge is 0.191 e. The second kappa shape index (κ2) is 8.17. The molecule has 25 heavy (non-hydrogen) atoms. The lowest BCUT2D eigenvalue weighted by atomic mass is 9.89. The number of hydrogen-bond donors (Lipinski definition) is 2. The number of ether oxygens (including phenoxy) is 1. The first kappa shape index (κ1) is 18.2. The third-order valence-electron chi connectivity index (χ3n) is 5.29. The highest BCUT2D eigenvalue weighted by Crippen LogP contribution is 2.37. The lowest BCUT2D eigenvalue weighted by Crippen LogP contribution is -2.47. The second-order valence-corrected chi connectivity index (χ2v) is 7.65. The molecule has 2 N–H and O–H groups in total. The van der Waals surface area contributed by atoms with E-state index >= 15 is 0 Å². The van der Waals surface area contributed by atoms with Crippen LogP contribution in [0.3, 0.4) is 0 Å². The number of aryl methyl sites for hydroxylation is 1. The van der Waals surface area contributed by atoms with E-state index in [-0.39, 0.29) is 0 Å². The summed E-state index contributed by atoms with van der Waals surface area (Å²) in [6.45, 7) is 7.56. The Morgan fingerprint density at radius 1 is 1.40 bits per heavy atom. The molecule has 140 valence electrons. The summed E-state index contributed by atoms with van der Waals surface area (Å²) < 4.78 is 7.15. The lowest BCUT2D eigenvalue weighted by molar-refractivity contribution is 0.177. The predicted molar refractivity (Wildman–Crippen MR) is 98.5 cm³/mol. The van der Waals surface area contributed by atoms with Crippen LogP contribution in [0, 0.1) is 5.41 Å². The summed E-state index contributed by atoms with van der Waals surface area (Å²) in [4.78, 5) is 9.42. The normalized spacial score (nSPS) is 22.7. The van der Waals surface area contributed by atoms with Crippen LogP contribution >= 0.6 is 0 Å². The maximum absolute atomic E-state index is 5.14. The van der Waals surface area contributed by atoms with Crippen LogP contribution in [0.4, 0.5) is 0 Å². The van der Waals surface area contributed by atoms with Gasteiger partial charge in [-0.1, -0.05) is 19.8 Å². The van der Waals surface area contributed by atoms with E-state index in [9.17, 15) is 0 Å². The summed E-state index contributed by atoms with van der Waals surface area (Å²) in [6.07, 6.45) is 7.27. The van der Waals surface area contributed by atoms with E-state index in [0.717, 1.165) is 50.1 Å². The number of methoxy groups -OCH3 is 1. The Kier molecular flexibility index (Phi) is 5.93. The molecule has 1 aliphatic carbocycles. The van der Waals surface area contributed by atoms with E-state index in [1.807, 2.05) is 4.68 Å². The average Bonchev–Trinajstić information content (AvgIpc) is 3.19. The van der Waals surface area contributed by atoms with Gasteiger partial charge in [-0.15, -0.1) is 0 Å². The molecule has 0 radical (unpaired) electrons. The van der Waals surface area contributed by atoms with Gasteiger partial charge in [0.05, 0.1) is 6.54 Å². The van der Waals surface area contributed by atoms with Gasteiger partial charge in [-0.3, -0.25) is 4.99 Å². The van der Waals surface area contributed by atoms with E-state index in [1.165, 1.54) is 25.7 Å². The van der Waals surface area contributed by atoms with E-state index in [0.29, 0.717) is 18.1 Å². The minimum atomic E-state index is 0.332. The summed E-state index contributed by atoms with van der Waals surface area (Å²) in [5.41, 5.74) is 0.378. The first-order chi connectivity index (χ1) is 12.1. The van der Waals surface area contributed by atoms with Crippen molar-refractivity contribution in [3.05, 3.63) is 11.6 Å². The zero-order chi connectivity index (χ0) is 17.7. The molecule has 7 nitrogen and oxygen atoms in total. The average molecular weight is 348 g/mol. The number of nitrogens with one attached hydrogen (secondary N) is 2. The van der Waals surface area contributed by atoms with Gasteiger partial charge >= 0.3 is 0 Å². The third-order valence-corrected chi connectivity index (χ3v) is 5.29. The molecule has 1 aromatic heterocycles. The van der Waals surface area contributed by atoms with Gasteiger partial charge in [0, 0.05) is 32.7 Å². The van der Waals surface area contributed by atoms with E-state index in [4.69, 9.17) is 9.73 Å². The molecule has 7 heteroatoms. The van der Waals surface area contributed by atoms with Crippen molar-refractivity contribution in [3.8, 4) is 0 Å². The van der Waals surface area contributed by atoms with Crippen molar-refractivity contribution in [3.63, 3.8) is 0 Å². The molecule has 3 rings (SSSR count). The molecule has 0 aromatic carbocycles. The molecule has 1 fully saturated rings. The van der Waals surface area contributed by atoms with Gasteiger partial charge in [0.2, 0.25) is 0 Å². The minimum Gasteiger partial charge on any atom is -0.377 e. The number of aromatic nitrogens is 3. The molecule has 1 unspecified atom stereocenters. The number of nitrogens with zero attached hydrogens (tertiary/aromatic N) is 4. The maximum Gasteiger partial charge on any atom is 0.191 e. The van der Waals surface area contributed by atoms with Gasteiger partial charge < -0.3 is 15.4 Å². The first-order valence-electron chi connectivity index (χ1n) is 9.58. The maximum atomic E-state index is 5.14. The Balaban J connectivity index is 1.60. The van der Waals surface area contributed by atoms with Crippen LogP contribution in [0.2, 0.25) is 0 Å². The van der Waals surface area contributed by atoms with Crippen molar-refractivity contribution in [2.45, 2.75) is 71.6 Å². The Labute approximate surface area is 150 Å². The van der Waals surface area contributed by atoms with Crippen molar-refractivity contribution < 1.29 is 4.74 Å². The highest BCUT2D eigenvalue weighted by atomic mass is 16.5. The Morgan fingerprint density at radius 3 is 2.92 bits per heavy atom. The molecule has 0 amide bonds. The van der Waals surface area contributed by atoms with Crippen LogP contribution in [0.25, 0.3) is 0 Å². The number of hydrogen-bond acceptors (Lipinski definition) is 4. The molecular formula is C18H32N6O. The van der Waals surface area contributed by atoms with Gasteiger partial charge in [0.15, 0.2) is 11.8 Å². The Bertz CT molecular complexity index is 590. The highest BCUT2D eigenvalue weighted by Gasteiger charge is 2.28. The topological polar surface area (TPSA) is 76.4 Å². The van der Waals surface area contributed by atoms with Crippen molar-refractivity contribution in [2.75, 3.05) is 20.2 Å². The van der Waals surface area contributed by atoms with Crippen LogP contribution in [0.15, 0.2) is 4.99 Å². The molecular weight excluding hydrogens is 316 g/mol. The van der Waals surface area contributed by atoms with Gasteiger partial charge in [-0.05, 0) is 31.6 Å². The summed E-state index contributed by atoms with van der Waals surface area (Å²) in [5.74, 6) is 2.76. The van der Waals surface area contributed by atoms with Crippen molar-refractivity contribution in [2.24, 2.45) is 10.4 Å². The Hall–Kier alpha value is -1.63. The number of rotatable bonds is 6. The molecule has 0 saturated heterocycles. The summed E-state index contributed by atoms with van der Waals surface area (Å²) in [7, 11) is 1.67. The van der Waals surface area contributed by atoms with Gasteiger partial charge in [0.25, 0.3) is 0 Å². The quantitative estimate of drug-likeness (QED) is 0.606. The van der Waals surface area contributed by atoms with Crippen LogP contribution in [-0.2, 0) is 24.3 Å². The predicted octanol–water partition coefficient (Wildman–Crippen LogP) is 1.87. The molecule has 2 aliphatic rings. The van der Waals surface area contributed by atoms with Crippen molar-refractivity contribution >= 4 is 5.96 Å². The molecule has 0 spiro atoms. The minimum absolute atomic E-state index is 0.332. The summed E-state index contributed by atoms with van der Waals surface area (Å²) in [6, 6.07) is 0.332. The molecule has 1 aliphatic heterocycles. The fourth-order valence-corrected chi connectivity index (χ4v) is 3.84. The summed E-state index contributed by atoms with van der Waals surface area (Å²) in [5, 5.41) is 11.5. The monoisotopic (exact) mass is 348 g/mol. The van der Waals surface area contributed by atoms with Crippen LogP contribution in [0.5, 0.6) is 0 Å². The molecule has 1 atom stereocenters. The molecule has 1 saturated carbocycles. The van der Waals surface area contributed by atoms with Crippen LogP contribution in [-0.4, -0.2) is 47.0 Å². The van der Waals surface area contributed by atoms with Gasteiger partial charge in [-0.25, -0.2) is 9.67 Å². The highest BCUT2D eigenvalue weighted by molar-refractivity contribution is 5.80. The fourth-order valence-electron chi connectivity index (χ4n) is 3.84. The van der Waals surface area contributed by atoms with E-state index in [1.54, 1.807) is 7.11 Å². The van der Waals surface area contributed by atoms with Crippen molar-refractivity contribution in [1.82, 2.24) is 25.4 Å². The molecule has 2 heterocycles. The summed E-state index contributed by atoms with van der Waals surface area (Å²) >= 11 is 0. The van der Waals surface area contributed by atoms with Gasteiger partial charge in [-0.2, -0.15) is 5.10 Å². The SMILES string of the molecule is CCNC(=NCC1(C)CCCC1)NC1CCc2nc(COC)nn2C1. The molecule has 1 aromatic rings. The van der Waals surface area contributed by atoms with Crippen molar-refractivity contribution in [1.29, 1.82) is 0 Å². The number of fused-ring (bicyclic) bond motifs is 1. The zero-order valence-electron chi connectivity index (χ0n) is 15.8. The number of aliphatic imine (C=N–C) groups is 1. The largest absolute Gasteiger partial charge is 0.377 e. The Morgan fingerprint density at radius 2 is 2.20 bits per heavy atom. The van der Waals surface area contributed by atoms with E-state index in [2.05, 4.69) is 34.6 Å². The van der Waals surface area contributed by atoms with Crippen LogP contribution < -0.4 is 10.6 Å². The zero-order valence-corrected chi connectivity index (χ0v) is 15.8. The standard InChI is InChI=1S/C18H32N6O/c1-4-19-17(20-13-18(2)9-5-6-10-18)21-14-7-8-16-22-15(12-25-3)23-24(16)11-14/h14H,4-13H2,1-3H3,(H2,19,20,21). The van der Waals surface area contributed by atoms with Gasteiger partial charge in [0.1, 0.15) is 12.4 Å². The fraction of sp³-hybridized carbons (Fsp3) is 0.833. The molecule has 0 bridgehead atoms. The lowest BCUT2D eigenvalue weighted by Gasteiger charge is -2.26. The van der Waals surface area contributed by atoms with E-state index < -0.39 is 0 Å². The third kappa shape index (κ3) is 4.71. The first-order valence-corrected chi connectivity index (χ1v) is 9.58. The second-order valence-electron chi connectivity index (χ2n) is 7.65.